The van der Waals surface area contributed by atoms with Crippen molar-refractivity contribution >= 4 is 45.2 Å². The van der Waals surface area contributed by atoms with Gasteiger partial charge in [0.15, 0.2) is 5.82 Å². The zero-order valence-electron chi connectivity index (χ0n) is 15.8. The first kappa shape index (κ1) is 20.3. The Hall–Kier alpha value is -2.99. The molecule has 1 fully saturated rings. The van der Waals surface area contributed by atoms with E-state index in [0.717, 1.165) is 4.31 Å². The molecule has 1 amide bonds. The number of nitrogen functional groups attached to an aromatic ring is 1. The Kier molecular flexibility index (Phi) is 4.98. The number of amides is 1. The van der Waals surface area contributed by atoms with Gasteiger partial charge in [0.05, 0.1) is 23.2 Å². The van der Waals surface area contributed by atoms with E-state index in [4.69, 9.17) is 10.3 Å². The summed E-state index contributed by atoms with van der Waals surface area (Å²) in [6, 6.07) is 7.09. The van der Waals surface area contributed by atoms with E-state index in [1.165, 1.54) is 47.0 Å². The number of β-lactam (4-membered cyclic amide) rings is 1. The number of carbonyl (C=O) groups is 2. The van der Waals surface area contributed by atoms with Gasteiger partial charge in [-0.1, -0.05) is 5.16 Å². The van der Waals surface area contributed by atoms with Crippen LogP contribution in [0.1, 0.15) is 12.2 Å². The normalized spacial score (nSPS) is 18.8. The number of anilines is 2. The molecule has 0 aliphatic carbocycles. The minimum absolute atomic E-state index is 0.0172. The number of carboxylic acid groups (broad SMARTS) is 1. The van der Waals surface area contributed by atoms with Gasteiger partial charge >= 0.3 is 5.97 Å². The van der Waals surface area contributed by atoms with Gasteiger partial charge in [-0.05, 0) is 36.8 Å². The topological polar surface area (TPSA) is 147 Å². The number of thioether (sulfide) groups is 1. The molecule has 2 aromatic rings. The quantitative estimate of drug-likeness (QED) is 0.492. The van der Waals surface area contributed by atoms with Crippen molar-refractivity contribution in [3.63, 3.8) is 0 Å². The summed E-state index contributed by atoms with van der Waals surface area (Å²) in [6.45, 7) is 1.33. The lowest BCUT2D eigenvalue weighted by molar-refractivity contribution is -0.146. The van der Waals surface area contributed by atoms with E-state index < -0.39 is 16.0 Å². The minimum Gasteiger partial charge on any atom is -0.477 e. The van der Waals surface area contributed by atoms with Crippen molar-refractivity contribution in [1.29, 1.82) is 0 Å². The number of hydrogen-bond acceptors (Lipinski definition) is 8. The van der Waals surface area contributed by atoms with Crippen LogP contribution in [0.25, 0.3) is 0 Å². The fraction of sp³-hybridized carbons (Fsp3) is 0.278. The van der Waals surface area contributed by atoms with Crippen LogP contribution in [0.4, 0.5) is 11.5 Å². The predicted octanol–water partition coefficient (Wildman–Crippen LogP) is 1.40. The Labute approximate surface area is 176 Å². The molecular weight excluding hydrogens is 432 g/mol. The Morgan fingerprint density at radius 2 is 2.10 bits per heavy atom. The fourth-order valence-corrected chi connectivity index (χ4v) is 5.95. The number of aryl methyl sites for hydroxylation is 1. The molecule has 3 N–H and O–H groups in total. The number of aromatic nitrogens is 1. The largest absolute Gasteiger partial charge is 0.477 e. The van der Waals surface area contributed by atoms with Crippen molar-refractivity contribution in [2.24, 2.45) is 0 Å². The monoisotopic (exact) mass is 450 g/mol. The molecule has 30 heavy (non-hydrogen) atoms. The summed E-state index contributed by atoms with van der Waals surface area (Å²) < 4.78 is 32.8. The van der Waals surface area contributed by atoms with Crippen LogP contribution >= 0.6 is 11.8 Å². The smallest absolute Gasteiger partial charge is 0.352 e. The summed E-state index contributed by atoms with van der Waals surface area (Å²) in [4.78, 5) is 25.1. The van der Waals surface area contributed by atoms with Gasteiger partial charge in [0.1, 0.15) is 11.5 Å². The zero-order chi connectivity index (χ0) is 21.6. The van der Waals surface area contributed by atoms with Gasteiger partial charge < -0.3 is 15.4 Å². The molecule has 0 bridgehead atoms. The first-order valence-corrected chi connectivity index (χ1v) is 11.4. The first-order chi connectivity index (χ1) is 14.2. The van der Waals surface area contributed by atoms with E-state index in [9.17, 15) is 23.1 Å². The van der Waals surface area contributed by atoms with Crippen LogP contribution in [0.5, 0.6) is 0 Å². The number of benzene rings is 1. The molecule has 1 atom stereocenters. The molecule has 2 aliphatic rings. The van der Waals surface area contributed by atoms with E-state index >= 15 is 0 Å². The number of fused-ring (bicyclic) bond motifs is 1. The summed E-state index contributed by atoms with van der Waals surface area (Å²) >= 11 is 1.40. The average molecular weight is 450 g/mol. The van der Waals surface area contributed by atoms with Crippen molar-refractivity contribution in [1.82, 2.24) is 10.1 Å². The highest BCUT2D eigenvalue weighted by Crippen LogP contribution is 2.40. The third-order valence-electron chi connectivity index (χ3n) is 4.81. The van der Waals surface area contributed by atoms with Crippen molar-refractivity contribution in [3.05, 3.63) is 47.4 Å². The number of nitrogens with zero attached hydrogens (tertiary/aromatic N) is 3. The van der Waals surface area contributed by atoms with Crippen molar-refractivity contribution in [2.45, 2.75) is 23.6 Å². The molecule has 0 radical (unpaired) electrons. The van der Waals surface area contributed by atoms with Gasteiger partial charge in [-0.25, -0.2) is 17.5 Å². The standard InChI is InChI=1S/C18H18N4O6S2/c1-10-6-14(20-28-10)21(30(26,27)13-4-2-12(19)3-5-13)8-11-9-29-16-7-15(23)22(16)17(11)18(24)25/h2-6,16H,7-9,19H2,1H3,(H,24,25). The molecule has 3 heterocycles. The third kappa shape index (κ3) is 3.41. The Balaban J connectivity index is 1.79. The predicted molar refractivity (Wildman–Crippen MR) is 109 cm³/mol. The fourth-order valence-electron chi connectivity index (χ4n) is 3.30. The van der Waals surface area contributed by atoms with E-state index in [1.807, 2.05) is 0 Å². The second-order valence-corrected chi connectivity index (χ2v) is 9.90. The van der Waals surface area contributed by atoms with E-state index in [2.05, 4.69) is 5.16 Å². The van der Waals surface area contributed by atoms with Crippen molar-refractivity contribution in [2.75, 3.05) is 22.3 Å². The van der Waals surface area contributed by atoms with Crippen LogP contribution < -0.4 is 10.0 Å². The molecule has 10 nitrogen and oxygen atoms in total. The molecule has 1 aromatic heterocycles. The van der Waals surface area contributed by atoms with Gasteiger partial charge in [-0.2, -0.15) is 0 Å². The molecule has 158 valence electrons. The lowest BCUT2D eigenvalue weighted by atomic mass is 10.1. The minimum atomic E-state index is -4.12. The van der Waals surface area contributed by atoms with Crippen LogP contribution in [0.3, 0.4) is 0 Å². The number of sulfonamides is 1. The average Bonchev–Trinajstić information content (AvgIpc) is 3.11. The zero-order valence-corrected chi connectivity index (χ0v) is 17.4. The molecule has 4 rings (SSSR count). The van der Waals surface area contributed by atoms with Crippen molar-refractivity contribution < 1.29 is 27.6 Å². The van der Waals surface area contributed by atoms with Crippen LogP contribution in [-0.4, -0.2) is 53.1 Å². The van der Waals surface area contributed by atoms with Gasteiger partial charge in [-0.15, -0.1) is 11.8 Å². The summed E-state index contributed by atoms with van der Waals surface area (Å²) in [5.41, 5.74) is 6.19. The van der Waals surface area contributed by atoms with Crippen LogP contribution in [0.15, 0.2) is 51.0 Å². The molecular formula is C18H18N4O6S2. The third-order valence-corrected chi connectivity index (χ3v) is 7.85. The highest BCUT2D eigenvalue weighted by atomic mass is 32.2. The maximum atomic E-state index is 13.4. The second kappa shape index (κ2) is 7.36. The van der Waals surface area contributed by atoms with E-state index in [-0.39, 0.29) is 46.4 Å². The molecule has 0 spiro atoms. The van der Waals surface area contributed by atoms with Gasteiger partial charge in [0.25, 0.3) is 10.0 Å². The van der Waals surface area contributed by atoms with E-state index in [1.54, 1.807) is 6.92 Å². The van der Waals surface area contributed by atoms with Gasteiger partial charge in [0.2, 0.25) is 5.91 Å². The molecule has 0 saturated carbocycles. The second-order valence-electron chi connectivity index (χ2n) is 6.87. The number of carbonyl (C=O) groups excluding carboxylic acids is 1. The molecule has 1 aromatic carbocycles. The van der Waals surface area contributed by atoms with Gasteiger partial charge in [0, 0.05) is 17.5 Å². The lowest BCUT2D eigenvalue weighted by Crippen LogP contribution is -2.54. The van der Waals surface area contributed by atoms with Crippen LogP contribution in [-0.2, 0) is 19.6 Å². The molecule has 1 saturated heterocycles. The first-order valence-electron chi connectivity index (χ1n) is 8.89. The number of aliphatic carboxylic acids is 1. The summed E-state index contributed by atoms with van der Waals surface area (Å²) in [7, 11) is -4.12. The maximum absolute atomic E-state index is 13.4. The highest BCUT2D eigenvalue weighted by molar-refractivity contribution is 8.00. The molecule has 12 heteroatoms. The SMILES string of the molecule is Cc1cc(N(CC2=C(C(=O)O)N3C(=O)CC3SC2)S(=O)(=O)c2ccc(N)cc2)no1. The van der Waals surface area contributed by atoms with Gasteiger partial charge in [-0.3, -0.25) is 9.69 Å². The summed E-state index contributed by atoms with van der Waals surface area (Å²) in [5.74, 6) is -0.882. The molecule has 1 unspecified atom stereocenters. The Bertz CT molecular complexity index is 1160. The van der Waals surface area contributed by atoms with Crippen LogP contribution in [0.2, 0.25) is 0 Å². The van der Waals surface area contributed by atoms with E-state index in [0.29, 0.717) is 17.0 Å². The number of hydrogen-bond donors (Lipinski definition) is 2. The highest BCUT2D eigenvalue weighted by Gasteiger charge is 2.46. The molecule has 2 aliphatic heterocycles. The summed E-state index contributed by atoms with van der Waals surface area (Å²) in [6.07, 6.45) is 0.269. The maximum Gasteiger partial charge on any atom is 0.352 e. The Morgan fingerprint density at radius 3 is 2.67 bits per heavy atom. The number of rotatable bonds is 6. The van der Waals surface area contributed by atoms with Crippen molar-refractivity contribution in [3.8, 4) is 0 Å². The number of carboxylic acids is 1. The lowest BCUT2D eigenvalue weighted by Gasteiger charge is -2.44. The van der Waals surface area contributed by atoms with Crippen LogP contribution in [0, 0.1) is 6.92 Å². The Morgan fingerprint density at radius 1 is 1.40 bits per heavy atom. The summed E-state index contributed by atoms with van der Waals surface area (Å²) in [5, 5.41) is 13.3. The number of nitrogens with two attached hydrogens (primary N) is 1.